The zero-order valence-electron chi connectivity index (χ0n) is 11.7. The molecular weight excluding hydrogens is 230 g/mol. The van der Waals surface area contributed by atoms with Crippen molar-refractivity contribution in [2.24, 2.45) is 17.8 Å². The number of carboxylic acid groups (broad SMARTS) is 1. The van der Waals surface area contributed by atoms with E-state index >= 15 is 0 Å². The molecule has 0 bridgehead atoms. The van der Waals surface area contributed by atoms with Gasteiger partial charge in [0.1, 0.15) is 0 Å². The van der Waals surface area contributed by atoms with Crippen LogP contribution in [0.15, 0.2) is 0 Å². The van der Waals surface area contributed by atoms with Crippen LogP contribution in [0.3, 0.4) is 0 Å². The fourth-order valence-electron chi connectivity index (χ4n) is 2.76. The maximum atomic E-state index is 12.1. The minimum absolute atomic E-state index is 0.0571. The molecule has 0 aromatic rings. The van der Waals surface area contributed by atoms with Crippen LogP contribution in [0, 0.1) is 17.8 Å². The second-order valence-corrected chi connectivity index (χ2v) is 5.65. The standard InChI is InChI=1S/C14H25NO3/c1-4-5-10(2)8-13(16)15-7-6-12(14(17)18)11(3)9-15/h10-12H,4-9H2,1-3H3,(H,17,18). The lowest BCUT2D eigenvalue weighted by Crippen LogP contribution is -2.45. The van der Waals surface area contributed by atoms with E-state index in [1.807, 2.05) is 11.8 Å². The van der Waals surface area contributed by atoms with Crippen molar-refractivity contribution in [1.82, 2.24) is 4.90 Å². The van der Waals surface area contributed by atoms with E-state index in [-0.39, 0.29) is 17.7 Å². The van der Waals surface area contributed by atoms with Gasteiger partial charge in [0.05, 0.1) is 5.92 Å². The van der Waals surface area contributed by atoms with Crippen molar-refractivity contribution < 1.29 is 14.7 Å². The molecule has 1 aliphatic heterocycles. The lowest BCUT2D eigenvalue weighted by molar-refractivity contribution is -0.148. The summed E-state index contributed by atoms with van der Waals surface area (Å²) in [6.07, 6.45) is 3.36. The second-order valence-electron chi connectivity index (χ2n) is 5.65. The minimum atomic E-state index is -0.728. The molecule has 18 heavy (non-hydrogen) atoms. The van der Waals surface area contributed by atoms with E-state index in [2.05, 4.69) is 13.8 Å². The number of piperidine rings is 1. The molecule has 104 valence electrons. The van der Waals surface area contributed by atoms with Gasteiger partial charge in [-0.25, -0.2) is 0 Å². The van der Waals surface area contributed by atoms with E-state index < -0.39 is 5.97 Å². The fourth-order valence-corrected chi connectivity index (χ4v) is 2.76. The average molecular weight is 255 g/mol. The summed E-state index contributed by atoms with van der Waals surface area (Å²) in [5, 5.41) is 9.05. The van der Waals surface area contributed by atoms with E-state index in [0.29, 0.717) is 31.8 Å². The number of carbonyl (C=O) groups excluding carboxylic acids is 1. The Morgan fingerprint density at radius 3 is 2.61 bits per heavy atom. The van der Waals surface area contributed by atoms with E-state index in [1.165, 1.54) is 0 Å². The molecule has 3 unspecified atom stereocenters. The molecule has 0 aliphatic carbocycles. The smallest absolute Gasteiger partial charge is 0.306 e. The first kappa shape index (κ1) is 15.0. The maximum absolute atomic E-state index is 12.1. The zero-order valence-corrected chi connectivity index (χ0v) is 11.7. The van der Waals surface area contributed by atoms with Crippen molar-refractivity contribution in [3.05, 3.63) is 0 Å². The summed E-state index contributed by atoms with van der Waals surface area (Å²) in [6, 6.07) is 0. The van der Waals surface area contributed by atoms with Crippen molar-refractivity contribution in [2.75, 3.05) is 13.1 Å². The van der Waals surface area contributed by atoms with Crippen LogP contribution in [0.5, 0.6) is 0 Å². The molecule has 1 aliphatic rings. The Hall–Kier alpha value is -1.06. The quantitative estimate of drug-likeness (QED) is 0.820. The molecule has 1 rings (SSSR count). The normalized spacial score (nSPS) is 25.8. The highest BCUT2D eigenvalue weighted by Crippen LogP contribution is 2.24. The lowest BCUT2D eigenvalue weighted by atomic mass is 9.86. The predicted octanol–water partition coefficient (Wildman–Crippen LogP) is 2.38. The molecule has 0 saturated carbocycles. The third-order valence-electron chi connectivity index (χ3n) is 3.88. The SMILES string of the molecule is CCCC(C)CC(=O)N1CCC(C(=O)O)C(C)C1. The van der Waals surface area contributed by atoms with Crippen molar-refractivity contribution in [2.45, 2.75) is 46.5 Å². The molecule has 1 N–H and O–H groups in total. The summed E-state index contributed by atoms with van der Waals surface area (Å²) < 4.78 is 0. The Bertz CT molecular complexity index is 303. The Morgan fingerprint density at radius 1 is 1.44 bits per heavy atom. The zero-order chi connectivity index (χ0) is 13.7. The molecule has 4 heteroatoms. The molecular formula is C14H25NO3. The minimum Gasteiger partial charge on any atom is -0.481 e. The highest BCUT2D eigenvalue weighted by molar-refractivity contribution is 5.77. The Kier molecular flexibility index (Phi) is 5.63. The summed E-state index contributed by atoms with van der Waals surface area (Å²) >= 11 is 0. The number of amides is 1. The largest absolute Gasteiger partial charge is 0.481 e. The molecule has 1 amide bonds. The molecule has 0 aromatic heterocycles. The van der Waals surface area contributed by atoms with Crippen molar-refractivity contribution in [3.8, 4) is 0 Å². The van der Waals surface area contributed by atoms with Gasteiger partial charge in [-0.05, 0) is 18.3 Å². The first-order valence-corrected chi connectivity index (χ1v) is 6.96. The van der Waals surface area contributed by atoms with Crippen molar-refractivity contribution in [3.63, 3.8) is 0 Å². The lowest BCUT2D eigenvalue weighted by Gasteiger charge is -2.35. The van der Waals surface area contributed by atoms with Crippen LogP contribution in [-0.4, -0.2) is 35.0 Å². The second kappa shape index (κ2) is 6.76. The summed E-state index contributed by atoms with van der Waals surface area (Å²) in [5.41, 5.74) is 0. The summed E-state index contributed by atoms with van der Waals surface area (Å²) in [5.74, 6) is -0.348. The van der Waals surface area contributed by atoms with Gasteiger partial charge in [0.25, 0.3) is 0 Å². The van der Waals surface area contributed by atoms with Crippen LogP contribution in [0.1, 0.15) is 46.5 Å². The summed E-state index contributed by atoms with van der Waals surface area (Å²) in [4.78, 5) is 24.9. The predicted molar refractivity (Wildman–Crippen MR) is 70.2 cm³/mol. The van der Waals surface area contributed by atoms with Gasteiger partial charge in [-0.1, -0.05) is 33.6 Å². The Morgan fingerprint density at radius 2 is 2.11 bits per heavy atom. The summed E-state index contributed by atoms with van der Waals surface area (Å²) in [7, 11) is 0. The van der Waals surface area contributed by atoms with E-state index in [1.54, 1.807) is 0 Å². The Labute approximate surface area is 109 Å². The molecule has 3 atom stereocenters. The Balaban J connectivity index is 2.45. The third kappa shape index (κ3) is 4.00. The van der Waals surface area contributed by atoms with Gasteiger partial charge in [0.15, 0.2) is 0 Å². The molecule has 0 aromatic carbocycles. The van der Waals surface area contributed by atoms with Crippen molar-refractivity contribution in [1.29, 1.82) is 0 Å². The van der Waals surface area contributed by atoms with Crippen LogP contribution in [0.25, 0.3) is 0 Å². The summed E-state index contributed by atoms with van der Waals surface area (Å²) in [6.45, 7) is 7.34. The average Bonchev–Trinajstić information content (AvgIpc) is 2.28. The van der Waals surface area contributed by atoms with Gasteiger partial charge in [-0.15, -0.1) is 0 Å². The number of carboxylic acids is 1. The van der Waals surface area contributed by atoms with Crippen LogP contribution in [-0.2, 0) is 9.59 Å². The van der Waals surface area contributed by atoms with E-state index in [4.69, 9.17) is 5.11 Å². The van der Waals surface area contributed by atoms with Gasteiger partial charge < -0.3 is 10.0 Å². The highest BCUT2D eigenvalue weighted by atomic mass is 16.4. The van der Waals surface area contributed by atoms with Gasteiger partial charge in [-0.3, -0.25) is 9.59 Å². The van der Waals surface area contributed by atoms with Gasteiger partial charge >= 0.3 is 5.97 Å². The number of nitrogens with zero attached hydrogens (tertiary/aromatic N) is 1. The fraction of sp³-hybridized carbons (Fsp3) is 0.857. The van der Waals surface area contributed by atoms with Gasteiger partial charge in [-0.2, -0.15) is 0 Å². The molecule has 1 fully saturated rings. The van der Waals surface area contributed by atoms with Crippen LogP contribution in [0.2, 0.25) is 0 Å². The maximum Gasteiger partial charge on any atom is 0.306 e. The van der Waals surface area contributed by atoms with Crippen LogP contribution in [0.4, 0.5) is 0 Å². The molecule has 0 spiro atoms. The van der Waals surface area contributed by atoms with Crippen LogP contribution >= 0.6 is 0 Å². The van der Waals surface area contributed by atoms with Gasteiger partial charge in [0, 0.05) is 19.5 Å². The van der Waals surface area contributed by atoms with E-state index in [0.717, 1.165) is 12.8 Å². The monoisotopic (exact) mass is 255 g/mol. The first-order valence-electron chi connectivity index (χ1n) is 6.96. The van der Waals surface area contributed by atoms with E-state index in [9.17, 15) is 9.59 Å². The molecule has 4 nitrogen and oxygen atoms in total. The number of aliphatic carboxylic acids is 1. The number of likely N-dealkylation sites (tertiary alicyclic amines) is 1. The number of rotatable bonds is 5. The van der Waals surface area contributed by atoms with Crippen LogP contribution < -0.4 is 0 Å². The number of hydrogen-bond acceptors (Lipinski definition) is 2. The highest BCUT2D eigenvalue weighted by Gasteiger charge is 2.32. The van der Waals surface area contributed by atoms with Crippen molar-refractivity contribution >= 4 is 11.9 Å². The first-order chi connectivity index (χ1) is 8.45. The molecule has 1 heterocycles. The van der Waals surface area contributed by atoms with Gasteiger partial charge in [0.2, 0.25) is 5.91 Å². The molecule has 0 radical (unpaired) electrons. The third-order valence-corrected chi connectivity index (χ3v) is 3.88. The molecule has 1 saturated heterocycles. The number of carbonyl (C=O) groups is 2. The topological polar surface area (TPSA) is 57.6 Å². The number of hydrogen-bond donors (Lipinski definition) is 1.